The molecule has 0 unspecified atom stereocenters. The molecule has 0 saturated heterocycles. The molecule has 3 rings (SSSR count). The van der Waals surface area contributed by atoms with Crippen LogP contribution in [0.1, 0.15) is 41.4 Å². The number of rotatable bonds is 11. The minimum absolute atomic E-state index is 0.188. The molecule has 0 saturated carbocycles. The number of anilines is 1. The number of carboxylic acid groups (broad SMARTS) is 1. The quantitative estimate of drug-likeness (QED) is 0.372. The van der Waals surface area contributed by atoms with Gasteiger partial charge in [0.25, 0.3) is 5.91 Å². The lowest BCUT2D eigenvalue weighted by Gasteiger charge is -2.17. The van der Waals surface area contributed by atoms with Gasteiger partial charge in [-0.1, -0.05) is 13.0 Å². The van der Waals surface area contributed by atoms with Gasteiger partial charge in [0.05, 0.1) is 17.5 Å². The summed E-state index contributed by atoms with van der Waals surface area (Å²) in [5.41, 5.74) is 2.39. The molecule has 174 valence electrons. The summed E-state index contributed by atoms with van der Waals surface area (Å²) in [6.45, 7) is 2.73. The van der Waals surface area contributed by atoms with Crippen LogP contribution in [0.5, 0.6) is 0 Å². The number of hydrogen-bond donors (Lipinski definition) is 4. The summed E-state index contributed by atoms with van der Waals surface area (Å²) >= 11 is 0. The Bertz CT molecular complexity index is 1070. The first kappa shape index (κ1) is 23.7. The number of amides is 1. The van der Waals surface area contributed by atoms with Crippen molar-refractivity contribution in [1.82, 2.24) is 24.8 Å². The molecular formula is C20H28N6O5S. The molecule has 2 aromatic heterocycles. The highest BCUT2D eigenvalue weighted by molar-refractivity contribution is 7.89. The summed E-state index contributed by atoms with van der Waals surface area (Å²) in [5.74, 6) is -1.16. The van der Waals surface area contributed by atoms with E-state index in [2.05, 4.69) is 31.5 Å². The van der Waals surface area contributed by atoms with Crippen LogP contribution in [0.4, 0.5) is 5.82 Å². The molecule has 1 aliphatic rings. The Morgan fingerprint density at radius 1 is 1.34 bits per heavy atom. The van der Waals surface area contributed by atoms with Crippen molar-refractivity contribution in [2.45, 2.75) is 45.2 Å². The van der Waals surface area contributed by atoms with Gasteiger partial charge < -0.3 is 15.7 Å². The van der Waals surface area contributed by atoms with Crippen molar-refractivity contribution < 1.29 is 23.1 Å². The molecule has 0 radical (unpaired) electrons. The van der Waals surface area contributed by atoms with E-state index in [-0.39, 0.29) is 17.9 Å². The van der Waals surface area contributed by atoms with Gasteiger partial charge in [-0.3, -0.25) is 14.3 Å². The molecule has 1 amide bonds. The fourth-order valence-corrected chi connectivity index (χ4v) is 4.63. The molecule has 0 bridgehead atoms. The van der Waals surface area contributed by atoms with Crippen molar-refractivity contribution >= 4 is 27.7 Å². The highest BCUT2D eigenvalue weighted by Crippen LogP contribution is 2.19. The number of carboxylic acids is 1. The molecule has 11 nitrogen and oxygen atoms in total. The predicted octanol–water partition coefficient (Wildman–Crippen LogP) is 0.391. The highest BCUT2D eigenvalue weighted by atomic mass is 32.2. The second-order valence-electron chi connectivity index (χ2n) is 7.62. The van der Waals surface area contributed by atoms with Crippen LogP contribution >= 0.6 is 0 Å². The average molecular weight is 465 g/mol. The Morgan fingerprint density at radius 3 is 2.91 bits per heavy atom. The minimum Gasteiger partial charge on any atom is -0.480 e. The molecule has 0 aliphatic carbocycles. The van der Waals surface area contributed by atoms with Crippen LogP contribution in [0.25, 0.3) is 0 Å². The van der Waals surface area contributed by atoms with E-state index in [4.69, 9.17) is 0 Å². The SMILES string of the molecule is CCCS(=O)(=O)N[C@@H](CNC(=O)c1cnn(CCc2ccc3c(n2)NCCC3)c1)C(=O)O. The van der Waals surface area contributed by atoms with E-state index >= 15 is 0 Å². The van der Waals surface area contributed by atoms with Crippen LogP contribution in [0.15, 0.2) is 24.5 Å². The van der Waals surface area contributed by atoms with Crippen LogP contribution in [0, 0.1) is 0 Å². The first-order valence-corrected chi connectivity index (χ1v) is 12.2. The van der Waals surface area contributed by atoms with Crippen molar-refractivity contribution in [3.8, 4) is 0 Å². The molecular weight excluding hydrogens is 436 g/mol. The Balaban J connectivity index is 1.53. The molecule has 32 heavy (non-hydrogen) atoms. The molecule has 4 N–H and O–H groups in total. The lowest BCUT2D eigenvalue weighted by molar-refractivity contribution is -0.138. The predicted molar refractivity (Wildman–Crippen MR) is 118 cm³/mol. The fourth-order valence-electron chi connectivity index (χ4n) is 3.36. The number of hydrogen-bond acceptors (Lipinski definition) is 7. The zero-order valence-electron chi connectivity index (χ0n) is 17.9. The van der Waals surface area contributed by atoms with Gasteiger partial charge in [0.15, 0.2) is 0 Å². The number of carbonyl (C=O) groups is 2. The summed E-state index contributed by atoms with van der Waals surface area (Å²) < 4.78 is 27.3. The van der Waals surface area contributed by atoms with Crippen molar-refractivity contribution in [3.63, 3.8) is 0 Å². The smallest absolute Gasteiger partial charge is 0.323 e. The summed E-state index contributed by atoms with van der Waals surface area (Å²) in [7, 11) is -3.73. The minimum atomic E-state index is -3.73. The zero-order valence-corrected chi connectivity index (χ0v) is 18.7. The van der Waals surface area contributed by atoms with Crippen molar-refractivity contribution in [3.05, 3.63) is 41.3 Å². The average Bonchev–Trinajstić information content (AvgIpc) is 3.24. The Labute approximate surface area is 186 Å². The first-order chi connectivity index (χ1) is 15.3. The van der Waals surface area contributed by atoms with Gasteiger partial charge in [-0.05, 0) is 30.9 Å². The number of fused-ring (bicyclic) bond motifs is 1. The standard InChI is InChI=1S/C20H28N6O5S/c1-2-10-32(30,31)25-17(20(28)29)12-22-19(27)15-11-23-26(13-15)9-7-16-6-5-14-4-3-8-21-18(14)24-16/h5-6,11,13,17,25H,2-4,7-10,12H2,1H3,(H,21,24)(H,22,27)(H,28,29)/t17-/m0/s1. The molecule has 3 heterocycles. The van der Waals surface area contributed by atoms with Crippen LogP contribution in [-0.4, -0.2) is 65.0 Å². The Morgan fingerprint density at radius 2 is 2.16 bits per heavy atom. The largest absolute Gasteiger partial charge is 0.480 e. The van der Waals surface area contributed by atoms with E-state index in [1.807, 2.05) is 6.07 Å². The molecule has 0 aromatic carbocycles. The maximum atomic E-state index is 12.4. The zero-order chi connectivity index (χ0) is 23.1. The topological polar surface area (TPSA) is 155 Å². The molecule has 1 atom stereocenters. The van der Waals surface area contributed by atoms with E-state index in [0.29, 0.717) is 19.4 Å². The third-order valence-electron chi connectivity index (χ3n) is 5.00. The normalized spacial score (nSPS) is 14.3. The molecule has 0 spiro atoms. The Kier molecular flexibility index (Phi) is 7.80. The number of aryl methyl sites for hydroxylation is 3. The highest BCUT2D eigenvalue weighted by Gasteiger charge is 2.24. The maximum Gasteiger partial charge on any atom is 0.323 e. The third kappa shape index (κ3) is 6.50. The molecule has 0 fully saturated rings. The van der Waals surface area contributed by atoms with Crippen molar-refractivity contribution in [2.24, 2.45) is 0 Å². The number of sulfonamides is 1. The maximum absolute atomic E-state index is 12.4. The van der Waals surface area contributed by atoms with Crippen molar-refractivity contribution in [1.29, 1.82) is 0 Å². The summed E-state index contributed by atoms with van der Waals surface area (Å²) in [6, 6.07) is 2.63. The summed E-state index contributed by atoms with van der Waals surface area (Å²) in [5, 5.41) is 19.2. The van der Waals surface area contributed by atoms with Gasteiger partial charge in [-0.15, -0.1) is 0 Å². The van der Waals surface area contributed by atoms with Gasteiger partial charge in [-0.25, -0.2) is 13.4 Å². The number of aliphatic carboxylic acids is 1. The van der Waals surface area contributed by atoms with Gasteiger partial charge in [0, 0.05) is 37.9 Å². The second kappa shape index (κ2) is 10.6. The van der Waals surface area contributed by atoms with E-state index < -0.39 is 27.9 Å². The molecule has 1 aliphatic heterocycles. The first-order valence-electron chi connectivity index (χ1n) is 10.5. The fraction of sp³-hybridized carbons (Fsp3) is 0.500. The summed E-state index contributed by atoms with van der Waals surface area (Å²) in [4.78, 5) is 28.3. The van der Waals surface area contributed by atoms with E-state index in [0.717, 1.165) is 30.9 Å². The third-order valence-corrected chi connectivity index (χ3v) is 6.59. The second-order valence-corrected chi connectivity index (χ2v) is 9.49. The van der Waals surface area contributed by atoms with Crippen LogP contribution in [0.3, 0.4) is 0 Å². The van der Waals surface area contributed by atoms with E-state index in [1.165, 1.54) is 11.8 Å². The lowest BCUT2D eigenvalue weighted by Crippen LogP contribution is -2.48. The van der Waals surface area contributed by atoms with Crippen LogP contribution in [-0.2, 0) is 34.2 Å². The molecule has 2 aromatic rings. The lowest BCUT2D eigenvalue weighted by atomic mass is 10.1. The number of nitrogens with one attached hydrogen (secondary N) is 3. The van der Waals surface area contributed by atoms with Gasteiger partial charge in [-0.2, -0.15) is 9.82 Å². The number of nitrogens with zero attached hydrogens (tertiary/aromatic N) is 3. The van der Waals surface area contributed by atoms with Crippen LogP contribution < -0.4 is 15.4 Å². The number of pyridine rings is 1. The van der Waals surface area contributed by atoms with Gasteiger partial charge in [0.2, 0.25) is 10.0 Å². The van der Waals surface area contributed by atoms with Gasteiger partial charge in [0.1, 0.15) is 11.9 Å². The molecule has 12 heteroatoms. The van der Waals surface area contributed by atoms with Gasteiger partial charge >= 0.3 is 5.97 Å². The number of aromatic nitrogens is 3. The van der Waals surface area contributed by atoms with E-state index in [1.54, 1.807) is 17.8 Å². The van der Waals surface area contributed by atoms with Crippen molar-refractivity contribution in [2.75, 3.05) is 24.2 Å². The summed E-state index contributed by atoms with van der Waals surface area (Å²) in [6.07, 6.45) is 6.06. The Hall–Kier alpha value is -2.99. The number of carbonyl (C=O) groups excluding carboxylic acids is 1. The van der Waals surface area contributed by atoms with Crippen LogP contribution in [0.2, 0.25) is 0 Å². The van der Waals surface area contributed by atoms with E-state index in [9.17, 15) is 23.1 Å². The monoisotopic (exact) mass is 464 g/mol.